The number of Topliss-reactive ketones (excluding diaryl/α,β-unsaturated/α-hetero) is 1. The number of amides is 7. The average molecular weight is 1080 g/mol. The summed E-state index contributed by atoms with van der Waals surface area (Å²) in [6.45, 7) is 13.2. The summed E-state index contributed by atoms with van der Waals surface area (Å²) in [7, 11) is 0. The molecule has 0 radical (unpaired) electrons. The Kier molecular flexibility index (Phi) is 29.4. The molecular formula is C52H79N11O14. The number of hydrogen-bond acceptors (Lipinski definition) is 15. The maximum atomic E-state index is 13.3. The van der Waals surface area contributed by atoms with E-state index >= 15 is 0 Å². The number of aliphatic imine (C=N–C) groups is 1. The maximum Gasteiger partial charge on any atom is 0.408 e. The van der Waals surface area contributed by atoms with E-state index < -0.39 is 106 Å². The van der Waals surface area contributed by atoms with Gasteiger partial charge in [-0.1, -0.05) is 72.5 Å². The molecular weight excluding hydrogens is 1000 g/mol. The van der Waals surface area contributed by atoms with E-state index in [2.05, 4.69) is 42.2 Å². The molecule has 0 unspecified atom stereocenters. The Bertz CT molecular complexity index is 2280. The monoisotopic (exact) mass is 1080 g/mol. The van der Waals surface area contributed by atoms with Gasteiger partial charge < -0.3 is 57.2 Å². The molecule has 2 aromatic rings. The quantitative estimate of drug-likeness (QED) is 0.00942. The number of nitrogens with one attached hydrogen (secondary N) is 8. The van der Waals surface area contributed by atoms with Crippen molar-refractivity contribution in [2.45, 2.75) is 175 Å². The van der Waals surface area contributed by atoms with Crippen molar-refractivity contribution in [3.05, 3.63) is 81.9 Å². The largest absolute Gasteiger partial charge is 0.461 e. The van der Waals surface area contributed by atoms with E-state index in [0.717, 1.165) is 11.1 Å². The van der Waals surface area contributed by atoms with E-state index in [0.29, 0.717) is 25.8 Å². The van der Waals surface area contributed by atoms with Crippen LogP contribution in [0.4, 0.5) is 9.59 Å². The molecule has 0 heterocycles. The number of carbonyl (C=O) groups is 9. The van der Waals surface area contributed by atoms with Crippen LogP contribution in [0.25, 0.3) is 0 Å². The number of ketones is 1. The number of rotatable bonds is 33. The molecule has 0 spiro atoms. The Morgan fingerprint density at radius 2 is 1.12 bits per heavy atom. The predicted octanol–water partition coefficient (Wildman–Crippen LogP) is 3.26. The fourth-order valence-corrected chi connectivity index (χ4v) is 7.46. The van der Waals surface area contributed by atoms with Crippen molar-refractivity contribution < 1.29 is 62.4 Å². The topological polar surface area (TPSA) is 359 Å². The molecule has 10 N–H and O–H groups in total. The van der Waals surface area contributed by atoms with Crippen molar-refractivity contribution >= 4 is 59.4 Å². The molecule has 25 nitrogen and oxygen atoms in total. The van der Waals surface area contributed by atoms with Crippen LogP contribution >= 0.6 is 0 Å². The van der Waals surface area contributed by atoms with Gasteiger partial charge in [0.15, 0.2) is 5.03 Å². The highest BCUT2D eigenvalue weighted by molar-refractivity contribution is 5.91. The average Bonchev–Trinajstić information content (AvgIpc) is 3.32. The molecule has 426 valence electrons. The highest BCUT2D eigenvalue weighted by atomic mass is 16.7. The van der Waals surface area contributed by atoms with Gasteiger partial charge in [-0.25, -0.2) is 24.7 Å². The van der Waals surface area contributed by atoms with Gasteiger partial charge in [-0.05, 0) is 92.2 Å². The number of ether oxygens (including phenoxy) is 3. The Balaban J connectivity index is 1.79. The number of nitrogens with two attached hydrogens (primary N) is 1. The van der Waals surface area contributed by atoms with Gasteiger partial charge in [0, 0.05) is 69.4 Å². The number of esters is 1. The van der Waals surface area contributed by atoms with Crippen LogP contribution in [0, 0.1) is 16.0 Å². The number of benzene rings is 2. The van der Waals surface area contributed by atoms with Crippen LogP contribution in [0.5, 0.6) is 0 Å². The molecule has 7 amide bonds. The number of unbranched alkanes of at least 4 members (excludes halogenated alkanes) is 1. The van der Waals surface area contributed by atoms with Crippen LogP contribution < -0.4 is 48.4 Å². The lowest BCUT2D eigenvalue weighted by molar-refractivity contribution is -0.525. The Labute approximate surface area is 449 Å². The first-order valence-electron chi connectivity index (χ1n) is 25.6. The molecule has 77 heavy (non-hydrogen) atoms. The lowest BCUT2D eigenvalue weighted by atomic mass is 9.94. The van der Waals surface area contributed by atoms with Gasteiger partial charge in [-0.15, -0.1) is 0 Å². The summed E-state index contributed by atoms with van der Waals surface area (Å²) < 4.78 is 16.1. The number of guanidine groups is 1. The Morgan fingerprint density at radius 1 is 0.610 bits per heavy atom. The minimum Gasteiger partial charge on any atom is -0.461 e. The van der Waals surface area contributed by atoms with Gasteiger partial charge in [0.05, 0.1) is 5.92 Å². The van der Waals surface area contributed by atoms with Crippen molar-refractivity contribution in [3.63, 3.8) is 0 Å². The van der Waals surface area contributed by atoms with Gasteiger partial charge in [-0.2, -0.15) is 0 Å². The third-order valence-corrected chi connectivity index (χ3v) is 11.0. The second-order valence-corrected chi connectivity index (χ2v) is 19.9. The van der Waals surface area contributed by atoms with E-state index in [-0.39, 0.29) is 70.5 Å². The van der Waals surface area contributed by atoms with Gasteiger partial charge in [0.25, 0.3) is 5.96 Å². The predicted molar refractivity (Wildman–Crippen MR) is 283 cm³/mol. The minimum atomic E-state index is -1.19. The SMILES string of the molecule is C[C@H](CC(=O)C[C@@H](CCCCNC(=O)OCc1ccccc1)C(=O)OCc1ccccc1)NC(=O)C[C@@H](C)NC(=O)C[C@@H](C)NC(=O)C[C@@H](C)NC(=O)[C@H](C)NC(=O)[C@H](CCCN=C(N)N[N+](=O)[O-])NC(=O)OC(C)(C)C. The second-order valence-electron chi connectivity index (χ2n) is 19.9. The van der Waals surface area contributed by atoms with Crippen LogP contribution in [0.2, 0.25) is 0 Å². The normalized spacial score (nSPS) is 14.0. The smallest absolute Gasteiger partial charge is 0.408 e. The van der Waals surface area contributed by atoms with Gasteiger partial charge in [-0.3, -0.25) is 33.6 Å². The highest BCUT2D eigenvalue weighted by Crippen LogP contribution is 2.19. The van der Waals surface area contributed by atoms with Crippen LogP contribution in [-0.2, 0) is 61.0 Å². The van der Waals surface area contributed by atoms with Gasteiger partial charge in [0.2, 0.25) is 29.5 Å². The lowest BCUT2D eigenvalue weighted by Crippen LogP contribution is -2.54. The van der Waals surface area contributed by atoms with Crippen molar-refractivity contribution in [3.8, 4) is 0 Å². The summed E-state index contributed by atoms with van der Waals surface area (Å²) in [6, 6.07) is 13.5. The molecule has 0 aliphatic rings. The number of hydrazine groups is 1. The number of carbonyl (C=O) groups excluding carboxylic acids is 9. The molecule has 0 aromatic heterocycles. The summed E-state index contributed by atoms with van der Waals surface area (Å²) in [5, 5.41) is 28.2. The maximum absolute atomic E-state index is 13.3. The molecule has 0 aliphatic carbocycles. The van der Waals surface area contributed by atoms with Gasteiger partial charge >= 0.3 is 18.2 Å². The van der Waals surface area contributed by atoms with Crippen LogP contribution in [0.3, 0.4) is 0 Å². The highest BCUT2D eigenvalue weighted by Gasteiger charge is 2.29. The summed E-state index contributed by atoms with van der Waals surface area (Å²) in [6.07, 6.45) is -0.526. The fourth-order valence-electron chi connectivity index (χ4n) is 7.46. The summed E-state index contributed by atoms with van der Waals surface area (Å²) in [5.41, 5.74) is 7.88. The van der Waals surface area contributed by atoms with Crippen molar-refractivity contribution in [2.24, 2.45) is 16.6 Å². The summed E-state index contributed by atoms with van der Waals surface area (Å²) >= 11 is 0. The second kappa shape index (κ2) is 34.7. The Hall–Kier alpha value is -7.86. The fraction of sp³-hybridized carbons (Fsp3) is 0.577. The first-order valence-corrected chi connectivity index (χ1v) is 25.6. The first kappa shape index (κ1) is 65.3. The number of nitro groups is 1. The molecule has 0 bridgehead atoms. The van der Waals surface area contributed by atoms with E-state index in [1.807, 2.05) is 60.7 Å². The van der Waals surface area contributed by atoms with E-state index in [1.165, 1.54) is 6.92 Å². The third-order valence-electron chi connectivity index (χ3n) is 11.0. The van der Waals surface area contributed by atoms with E-state index in [9.17, 15) is 53.3 Å². The Morgan fingerprint density at radius 3 is 1.64 bits per heavy atom. The summed E-state index contributed by atoms with van der Waals surface area (Å²) in [5.74, 6) is -4.70. The van der Waals surface area contributed by atoms with Crippen molar-refractivity contribution in [2.75, 3.05) is 13.1 Å². The van der Waals surface area contributed by atoms with Crippen LogP contribution in [0.1, 0.15) is 131 Å². The van der Waals surface area contributed by atoms with Crippen LogP contribution in [0.15, 0.2) is 65.7 Å². The molecule has 2 aromatic carbocycles. The lowest BCUT2D eigenvalue weighted by Gasteiger charge is -2.25. The zero-order valence-corrected chi connectivity index (χ0v) is 45.4. The zero-order chi connectivity index (χ0) is 57.5. The molecule has 0 saturated carbocycles. The first-order chi connectivity index (χ1) is 36.3. The third kappa shape index (κ3) is 30.9. The number of hydrogen-bond donors (Lipinski definition) is 9. The number of alkyl carbamates (subject to hydrolysis) is 2. The van der Waals surface area contributed by atoms with E-state index in [4.69, 9.17) is 19.9 Å². The zero-order valence-electron chi connectivity index (χ0n) is 45.4. The van der Waals surface area contributed by atoms with Crippen molar-refractivity contribution in [1.29, 1.82) is 0 Å². The van der Waals surface area contributed by atoms with Crippen molar-refractivity contribution in [1.82, 2.24) is 42.6 Å². The van der Waals surface area contributed by atoms with E-state index in [1.54, 1.807) is 53.9 Å². The molecule has 0 aliphatic heterocycles. The van der Waals surface area contributed by atoms with Crippen LogP contribution in [-0.4, -0.2) is 119 Å². The molecule has 25 heteroatoms. The van der Waals surface area contributed by atoms with Gasteiger partial charge in [0.1, 0.15) is 36.7 Å². The molecule has 0 fully saturated rings. The summed E-state index contributed by atoms with van der Waals surface area (Å²) in [4.78, 5) is 130. The standard InChI is InChI=1S/C52H79N11O14/c1-33(26-41(64)30-40(48(70)75-31-38-18-11-9-12-19-38)22-15-16-24-55-50(71)76-32-39-20-13-10-14-21-39)56-43(65)27-34(2)57-44(66)28-35(3)58-45(67)29-36(4)59-46(68)37(5)60-47(69)42(61-51(72)77-52(6,7)8)23-17-25-54-49(53)62-63(73)74/h9-14,18-21,33-37,40,42H,15-17,22-32H2,1-8H3,(H,55,71)(H,56,65)(H,57,66)(H,58,67)(H,59,68)(H,60,69)(H,61,72)(H3,53,54,62)/t33-,34-,35-,36-,37+,40-,42+/m1/s1. The molecule has 7 atom stereocenters. The minimum absolute atomic E-state index is 0.000424. The molecule has 0 saturated heterocycles. The molecule has 2 rings (SSSR count). The number of nitrogens with zero attached hydrogens (tertiary/aromatic N) is 2.